The first kappa shape index (κ1) is 16.5. The molecule has 8 heteroatoms. The summed E-state index contributed by atoms with van der Waals surface area (Å²) in [5.74, 6) is 0.807. The van der Waals surface area contributed by atoms with Crippen LogP contribution in [0.15, 0.2) is 42.7 Å². The highest BCUT2D eigenvalue weighted by Gasteiger charge is 2.08. The normalized spacial score (nSPS) is 10.6. The van der Waals surface area contributed by atoms with Crippen molar-refractivity contribution in [3.8, 4) is 5.75 Å². The SMILES string of the molecule is Fc1ccc(COc2ccc(Cl)cc2CNc2ncn[nH]2)c(Cl)c1. The summed E-state index contributed by atoms with van der Waals surface area (Å²) in [6, 6.07) is 9.51. The maximum absolute atomic E-state index is 13.1. The molecule has 24 heavy (non-hydrogen) atoms. The number of aromatic nitrogens is 3. The van der Waals surface area contributed by atoms with Crippen LogP contribution in [0.1, 0.15) is 11.1 Å². The molecule has 0 amide bonds. The molecule has 0 fully saturated rings. The maximum Gasteiger partial charge on any atom is 0.218 e. The topological polar surface area (TPSA) is 62.8 Å². The molecule has 0 bridgehead atoms. The van der Waals surface area contributed by atoms with Gasteiger partial charge in [0.05, 0.1) is 5.02 Å². The zero-order valence-corrected chi connectivity index (χ0v) is 13.9. The fourth-order valence-electron chi connectivity index (χ4n) is 2.09. The van der Waals surface area contributed by atoms with Crippen molar-refractivity contribution >= 4 is 29.2 Å². The minimum atomic E-state index is -0.382. The van der Waals surface area contributed by atoms with E-state index in [-0.39, 0.29) is 12.4 Å². The van der Waals surface area contributed by atoms with Crippen LogP contribution in [-0.4, -0.2) is 15.2 Å². The zero-order chi connectivity index (χ0) is 16.9. The van der Waals surface area contributed by atoms with E-state index in [0.29, 0.717) is 33.9 Å². The molecule has 0 aliphatic rings. The number of hydrogen-bond acceptors (Lipinski definition) is 4. The minimum absolute atomic E-state index is 0.218. The number of rotatable bonds is 6. The Morgan fingerprint density at radius 2 is 2.00 bits per heavy atom. The third kappa shape index (κ3) is 4.15. The smallest absolute Gasteiger partial charge is 0.218 e. The molecule has 124 valence electrons. The quantitative estimate of drug-likeness (QED) is 0.676. The third-order valence-electron chi connectivity index (χ3n) is 3.28. The lowest BCUT2D eigenvalue weighted by atomic mass is 10.2. The van der Waals surface area contributed by atoms with Gasteiger partial charge in [-0.15, -0.1) is 0 Å². The molecule has 0 unspecified atom stereocenters. The molecule has 0 saturated heterocycles. The third-order valence-corrected chi connectivity index (χ3v) is 3.87. The highest BCUT2D eigenvalue weighted by atomic mass is 35.5. The van der Waals surface area contributed by atoms with Crippen molar-refractivity contribution in [3.05, 3.63) is 69.7 Å². The molecule has 3 aromatic rings. The Bertz CT molecular complexity index is 827. The summed E-state index contributed by atoms with van der Waals surface area (Å²) in [5, 5.41) is 10.5. The molecule has 1 aromatic heterocycles. The van der Waals surface area contributed by atoms with Gasteiger partial charge in [-0.25, -0.2) is 14.5 Å². The van der Waals surface area contributed by atoms with Crippen LogP contribution in [0.4, 0.5) is 10.3 Å². The molecule has 0 spiro atoms. The van der Waals surface area contributed by atoms with Gasteiger partial charge in [-0.2, -0.15) is 5.10 Å². The number of aromatic amines is 1. The van der Waals surface area contributed by atoms with E-state index in [2.05, 4.69) is 20.5 Å². The predicted molar refractivity (Wildman–Crippen MR) is 90.9 cm³/mol. The fourth-order valence-corrected chi connectivity index (χ4v) is 2.51. The van der Waals surface area contributed by atoms with Crippen molar-refractivity contribution in [2.24, 2.45) is 0 Å². The summed E-state index contributed by atoms with van der Waals surface area (Å²) < 4.78 is 18.9. The van der Waals surface area contributed by atoms with Crippen LogP contribution in [0.3, 0.4) is 0 Å². The van der Waals surface area contributed by atoms with Crippen molar-refractivity contribution in [1.29, 1.82) is 0 Å². The highest BCUT2D eigenvalue weighted by Crippen LogP contribution is 2.26. The van der Waals surface area contributed by atoms with Crippen LogP contribution >= 0.6 is 23.2 Å². The van der Waals surface area contributed by atoms with Gasteiger partial charge in [-0.1, -0.05) is 29.3 Å². The summed E-state index contributed by atoms with van der Waals surface area (Å²) in [5.41, 5.74) is 1.54. The number of anilines is 1. The fraction of sp³-hybridized carbons (Fsp3) is 0.125. The molecule has 0 saturated carbocycles. The van der Waals surface area contributed by atoms with E-state index in [1.54, 1.807) is 24.3 Å². The van der Waals surface area contributed by atoms with Crippen molar-refractivity contribution in [2.75, 3.05) is 5.32 Å². The van der Waals surface area contributed by atoms with Crippen LogP contribution in [0.5, 0.6) is 5.75 Å². The van der Waals surface area contributed by atoms with E-state index < -0.39 is 0 Å². The largest absolute Gasteiger partial charge is 0.488 e. The van der Waals surface area contributed by atoms with Crippen molar-refractivity contribution in [1.82, 2.24) is 15.2 Å². The van der Waals surface area contributed by atoms with E-state index in [1.807, 2.05) is 0 Å². The Balaban J connectivity index is 1.72. The lowest BCUT2D eigenvalue weighted by Gasteiger charge is -2.13. The molecular weight excluding hydrogens is 354 g/mol. The number of ether oxygens (including phenoxy) is 1. The molecule has 2 aromatic carbocycles. The van der Waals surface area contributed by atoms with E-state index in [9.17, 15) is 4.39 Å². The first-order chi connectivity index (χ1) is 11.6. The standard InChI is InChI=1S/C16H13Cl2FN4O/c17-12-2-4-15(11(5-12)7-20-16-21-9-22-23-16)24-8-10-1-3-13(19)6-14(10)18/h1-6,9H,7-8H2,(H2,20,21,22,23). The Kier molecular flexibility index (Phi) is 5.17. The summed E-state index contributed by atoms with van der Waals surface area (Å²) in [7, 11) is 0. The average Bonchev–Trinajstić information content (AvgIpc) is 3.07. The monoisotopic (exact) mass is 366 g/mol. The number of hydrogen-bond donors (Lipinski definition) is 2. The second-order valence-corrected chi connectivity index (χ2v) is 5.81. The molecule has 0 aliphatic heterocycles. The lowest BCUT2D eigenvalue weighted by Crippen LogP contribution is -2.05. The Morgan fingerprint density at radius 1 is 1.12 bits per heavy atom. The predicted octanol–water partition coefficient (Wildman–Crippen LogP) is 4.44. The number of H-pyrrole nitrogens is 1. The molecule has 0 radical (unpaired) electrons. The van der Waals surface area contributed by atoms with Gasteiger partial charge in [0, 0.05) is 22.7 Å². The van der Waals surface area contributed by atoms with E-state index in [0.717, 1.165) is 5.56 Å². The van der Waals surface area contributed by atoms with Crippen LogP contribution in [0.25, 0.3) is 0 Å². The summed E-state index contributed by atoms with van der Waals surface area (Å²) in [6.45, 7) is 0.665. The maximum atomic E-state index is 13.1. The van der Waals surface area contributed by atoms with Crippen molar-refractivity contribution in [2.45, 2.75) is 13.2 Å². The van der Waals surface area contributed by atoms with Gasteiger partial charge in [0.2, 0.25) is 5.95 Å². The van der Waals surface area contributed by atoms with Crippen LogP contribution in [0.2, 0.25) is 10.0 Å². The van der Waals surface area contributed by atoms with Crippen molar-refractivity contribution in [3.63, 3.8) is 0 Å². The molecule has 3 rings (SSSR count). The van der Waals surface area contributed by atoms with Crippen LogP contribution < -0.4 is 10.1 Å². The average molecular weight is 367 g/mol. The summed E-state index contributed by atoms with van der Waals surface area (Å²) in [6.07, 6.45) is 1.41. The van der Waals surface area contributed by atoms with Gasteiger partial charge in [-0.05, 0) is 30.3 Å². The summed E-state index contributed by atoms with van der Waals surface area (Å²) >= 11 is 12.1. The highest BCUT2D eigenvalue weighted by molar-refractivity contribution is 6.31. The molecule has 5 nitrogen and oxygen atoms in total. The van der Waals surface area contributed by atoms with Gasteiger partial charge < -0.3 is 10.1 Å². The second kappa shape index (κ2) is 7.51. The Labute approximate surface area is 147 Å². The Hall–Kier alpha value is -2.31. The van der Waals surface area contributed by atoms with Gasteiger partial charge in [0.15, 0.2) is 0 Å². The number of nitrogens with zero attached hydrogens (tertiary/aromatic N) is 2. The molecule has 2 N–H and O–H groups in total. The minimum Gasteiger partial charge on any atom is -0.488 e. The zero-order valence-electron chi connectivity index (χ0n) is 12.4. The number of benzene rings is 2. The van der Waals surface area contributed by atoms with E-state index in [4.69, 9.17) is 27.9 Å². The summed E-state index contributed by atoms with van der Waals surface area (Å²) in [4.78, 5) is 3.99. The van der Waals surface area contributed by atoms with Gasteiger partial charge in [0.1, 0.15) is 24.5 Å². The van der Waals surface area contributed by atoms with E-state index in [1.165, 1.54) is 18.5 Å². The van der Waals surface area contributed by atoms with Gasteiger partial charge >= 0.3 is 0 Å². The second-order valence-electron chi connectivity index (χ2n) is 4.96. The number of nitrogens with one attached hydrogen (secondary N) is 2. The first-order valence-corrected chi connectivity index (χ1v) is 7.82. The molecule has 0 aliphatic carbocycles. The Morgan fingerprint density at radius 3 is 2.75 bits per heavy atom. The molecular formula is C16H13Cl2FN4O. The first-order valence-electron chi connectivity index (χ1n) is 7.06. The lowest BCUT2D eigenvalue weighted by molar-refractivity contribution is 0.303. The molecule has 0 atom stereocenters. The number of halogens is 3. The molecule has 1 heterocycles. The van der Waals surface area contributed by atoms with E-state index >= 15 is 0 Å². The van der Waals surface area contributed by atoms with Gasteiger partial charge in [-0.3, -0.25) is 0 Å². The van der Waals surface area contributed by atoms with Crippen molar-refractivity contribution < 1.29 is 9.13 Å². The van der Waals surface area contributed by atoms with Crippen LogP contribution in [0, 0.1) is 5.82 Å². The van der Waals surface area contributed by atoms with Gasteiger partial charge in [0.25, 0.3) is 0 Å². The van der Waals surface area contributed by atoms with Crippen LogP contribution in [-0.2, 0) is 13.2 Å².